The molecule has 0 unspecified atom stereocenters. The lowest BCUT2D eigenvalue weighted by atomic mass is 10.0. The highest BCUT2D eigenvalue weighted by Crippen LogP contribution is 2.36. The van der Waals surface area contributed by atoms with E-state index in [-0.39, 0.29) is 5.56 Å². The van der Waals surface area contributed by atoms with E-state index in [1.54, 1.807) is 30.1 Å². The van der Waals surface area contributed by atoms with Gasteiger partial charge in [0.2, 0.25) is 5.95 Å². The highest BCUT2D eigenvalue weighted by molar-refractivity contribution is 5.84. The van der Waals surface area contributed by atoms with Crippen molar-refractivity contribution in [3.63, 3.8) is 0 Å². The number of aliphatic imine (C=N–C) groups is 1. The van der Waals surface area contributed by atoms with Crippen LogP contribution in [0, 0.1) is 0 Å². The molecule has 1 aliphatic heterocycles. The zero-order valence-corrected chi connectivity index (χ0v) is 20.9. The molecule has 1 fully saturated rings. The summed E-state index contributed by atoms with van der Waals surface area (Å²) in [6, 6.07) is 5.70. The van der Waals surface area contributed by atoms with Crippen LogP contribution < -0.4 is 16.2 Å². The van der Waals surface area contributed by atoms with Gasteiger partial charge in [0.05, 0.1) is 17.4 Å². The van der Waals surface area contributed by atoms with Crippen molar-refractivity contribution in [3.05, 3.63) is 76.4 Å². The van der Waals surface area contributed by atoms with E-state index in [4.69, 9.17) is 5.10 Å². The molecule has 2 aliphatic rings. The summed E-state index contributed by atoms with van der Waals surface area (Å²) in [5.74, 6) is 1.00. The maximum atomic E-state index is 12.3. The Bertz CT molecular complexity index is 1440. The summed E-state index contributed by atoms with van der Waals surface area (Å²) in [7, 11) is 1.76. The van der Waals surface area contributed by atoms with E-state index >= 15 is 0 Å². The van der Waals surface area contributed by atoms with Crippen LogP contribution >= 0.6 is 0 Å². The molecule has 0 saturated carbocycles. The molecule has 3 aromatic rings. The van der Waals surface area contributed by atoms with E-state index in [1.807, 2.05) is 22.7 Å². The van der Waals surface area contributed by atoms with Crippen molar-refractivity contribution in [3.8, 4) is 11.1 Å². The van der Waals surface area contributed by atoms with E-state index in [2.05, 4.69) is 51.3 Å². The summed E-state index contributed by atoms with van der Waals surface area (Å²) in [6.07, 6.45) is 12.9. The van der Waals surface area contributed by atoms with Gasteiger partial charge in [-0.1, -0.05) is 6.08 Å². The third kappa shape index (κ3) is 4.87. The Morgan fingerprint density at radius 3 is 2.81 bits per heavy atom. The minimum Gasteiger partial charge on any atom is -0.372 e. The van der Waals surface area contributed by atoms with Gasteiger partial charge in [0.25, 0.3) is 5.56 Å². The fraction of sp³-hybridized carbons (Fsp3) is 0.333. The number of fused-ring (bicyclic) bond motifs is 1. The molecular weight excluding hydrogens is 452 g/mol. The zero-order valence-electron chi connectivity index (χ0n) is 20.9. The van der Waals surface area contributed by atoms with Gasteiger partial charge in [-0.25, -0.2) is 14.5 Å². The number of nitrogens with zero attached hydrogens (tertiary/aromatic N) is 6. The summed E-state index contributed by atoms with van der Waals surface area (Å²) in [5, 5.41) is 11.4. The lowest BCUT2D eigenvalue weighted by Crippen LogP contribution is -2.42. The molecule has 0 amide bonds. The Labute approximate surface area is 210 Å². The van der Waals surface area contributed by atoms with Crippen LogP contribution in [0.1, 0.15) is 31.9 Å². The predicted molar refractivity (Wildman–Crippen MR) is 145 cm³/mol. The minimum atomic E-state index is -0.0430. The average Bonchev–Trinajstić information content (AvgIpc) is 3.56. The lowest BCUT2D eigenvalue weighted by Gasteiger charge is -2.29. The van der Waals surface area contributed by atoms with E-state index in [0.717, 1.165) is 67.8 Å². The van der Waals surface area contributed by atoms with Crippen LogP contribution in [0.3, 0.4) is 0 Å². The second kappa shape index (κ2) is 10.3. The first-order chi connectivity index (χ1) is 17.5. The Morgan fingerprint density at radius 1 is 1.25 bits per heavy atom. The molecule has 3 aromatic heterocycles. The molecule has 2 N–H and O–H groups in total. The first-order valence-electron chi connectivity index (χ1n) is 12.4. The monoisotopic (exact) mass is 484 g/mol. The van der Waals surface area contributed by atoms with E-state index < -0.39 is 0 Å². The van der Waals surface area contributed by atoms with Crippen LogP contribution in [-0.2, 0) is 7.05 Å². The number of allylic oxidation sites excluding steroid dienone is 5. The number of hydrogen-bond acceptors (Lipinski definition) is 7. The van der Waals surface area contributed by atoms with Gasteiger partial charge in [0.1, 0.15) is 5.82 Å². The second-order valence-corrected chi connectivity index (χ2v) is 9.19. The smallest absolute Gasteiger partial charge is 0.250 e. The molecule has 1 aliphatic carbocycles. The van der Waals surface area contributed by atoms with Crippen molar-refractivity contribution in [1.29, 1.82) is 0 Å². The number of nitrogens with one attached hydrogen (secondary N) is 2. The molecule has 9 nitrogen and oxygen atoms in total. The van der Waals surface area contributed by atoms with E-state index in [9.17, 15) is 4.79 Å². The van der Waals surface area contributed by atoms with Crippen LogP contribution in [0.25, 0.3) is 22.2 Å². The summed E-state index contributed by atoms with van der Waals surface area (Å²) >= 11 is 0. The minimum absolute atomic E-state index is 0.0430. The van der Waals surface area contributed by atoms with Gasteiger partial charge in [-0.2, -0.15) is 0 Å². The molecule has 186 valence electrons. The van der Waals surface area contributed by atoms with Gasteiger partial charge >= 0.3 is 0 Å². The predicted octanol–water partition coefficient (Wildman–Crippen LogP) is 3.43. The zero-order chi connectivity index (χ0) is 25.1. The summed E-state index contributed by atoms with van der Waals surface area (Å²) in [4.78, 5) is 23.4. The molecule has 1 saturated heterocycles. The Morgan fingerprint density at radius 2 is 2.08 bits per heavy atom. The topological polar surface area (TPSA) is 91.8 Å². The molecule has 36 heavy (non-hydrogen) atoms. The first kappa shape index (κ1) is 23.7. The van der Waals surface area contributed by atoms with Gasteiger partial charge in [-0.15, -0.1) is 5.10 Å². The lowest BCUT2D eigenvalue weighted by molar-refractivity contribution is 0.300. The van der Waals surface area contributed by atoms with Crippen LogP contribution in [0.4, 0.5) is 5.95 Å². The van der Waals surface area contributed by atoms with Crippen molar-refractivity contribution < 1.29 is 0 Å². The number of rotatable bonds is 7. The number of aromatic nitrogens is 4. The van der Waals surface area contributed by atoms with E-state index in [0.29, 0.717) is 11.8 Å². The summed E-state index contributed by atoms with van der Waals surface area (Å²) < 4.78 is 3.49. The van der Waals surface area contributed by atoms with Crippen molar-refractivity contribution in [2.24, 2.45) is 12.0 Å². The van der Waals surface area contributed by atoms with Crippen molar-refractivity contribution >= 4 is 23.8 Å². The van der Waals surface area contributed by atoms with E-state index in [1.165, 1.54) is 11.3 Å². The number of aryl methyl sites for hydroxylation is 1. The highest BCUT2D eigenvalue weighted by atomic mass is 16.1. The number of piperazine rings is 1. The van der Waals surface area contributed by atoms with Crippen LogP contribution in [0.5, 0.6) is 0 Å². The van der Waals surface area contributed by atoms with Crippen molar-refractivity contribution in [2.75, 3.05) is 31.5 Å². The van der Waals surface area contributed by atoms with Gasteiger partial charge < -0.3 is 20.1 Å². The van der Waals surface area contributed by atoms with Gasteiger partial charge in [0, 0.05) is 56.8 Å². The standard InChI is InChI=1S/C27H32N8O/c1-19(34-14-11-29-12-15-34)8-9-24(28-2)31-27-30-18-22-17-23(21-10-13-33(3)25(36)16-21)26(35(22)32-27)20-6-4-5-7-20/h6,8-10,13,16-18,29H,2,4-5,7,11-12,14-15H2,1,3H3,(H,31,32)/b19-8+,24-9+. The van der Waals surface area contributed by atoms with Gasteiger partial charge in [-0.3, -0.25) is 4.79 Å². The molecule has 0 aromatic carbocycles. The number of pyridine rings is 1. The third-order valence-corrected chi connectivity index (χ3v) is 6.79. The van der Waals surface area contributed by atoms with Gasteiger partial charge in [0.15, 0.2) is 0 Å². The van der Waals surface area contributed by atoms with Crippen molar-refractivity contribution in [1.82, 2.24) is 29.4 Å². The molecule has 0 radical (unpaired) electrons. The summed E-state index contributed by atoms with van der Waals surface area (Å²) in [6.45, 7) is 9.77. The Balaban J connectivity index is 1.50. The normalized spacial score (nSPS) is 16.9. The fourth-order valence-corrected chi connectivity index (χ4v) is 4.73. The summed E-state index contributed by atoms with van der Waals surface area (Å²) in [5.41, 5.74) is 6.11. The fourth-order valence-electron chi connectivity index (χ4n) is 4.73. The Kier molecular flexibility index (Phi) is 6.81. The first-order valence-corrected chi connectivity index (χ1v) is 12.4. The molecule has 0 spiro atoms. The maximum Gasteiger partial charge on any atom is 0.250 e. The Hall–Kier alpha value is -3.98. The van der Waals surface area contributed by atoms with Crippen LogP contribution in [0.15, 0.2) is 70.1 Å². The van der Waals surface area contributed by atoms with Crippen LogP contribution in [0.2, 0.25) is 0 Å². The molecule has 0 bridgehead atoms. The van der Waals surface area contributed by atoms with Gasteiger partial charge in [-0.05, 0) is 68.3 Å². The van der Waals surface area contributed by atoms with Crippen LogP contribution in [-0.4, -0.2) is 57.0 Å². The SMILES string of the molecule is C=N/C(=C\C=C(/C)N1CCNCC1)Nc1ncc2cc(-c3ccn(C)c(=O)c3)c(C3=CCCC3)n2n1. The molecule has 4 heterocycles. The molecular formula is C27H32N8O. The second-order valence-electron chi connectivity index (χ2n) is 9.19. The number of hydrogen-bond donors (Lipinski definition) is 2. The van der Waals surface area contributed by atoms with Crippen molar-refractivity contribution in [2.45, 2.75) is 26.2 Å². The third-order valence-electron chi connectivity index (χ3n) is 6.79. The molecule has 0 atom stereocenters. The number of anilines is 1. The highest BCUT2D eigenvalue weighted by Gasteiger charge is 2.20. The molecule has 5 rings (SSSR count). The maximum absolute atomic E-state index is 12.3. The largest absolute Gasteiger partial charge is 0.372 e. The molecule has 9 heteroatoms. The quantitative estimate of drug-likeness (QED) is 0.394. The average molecular weight is 485 g/mol.